The van der Waals surface area contributed by atoms with Gasteiger partial charge in [0.25, 0.3) is 0 Å². The molecule has 13 heteroatoms. The number of allylic oxidation sites excluding steroid dienone is 2. The Hall–Kier alpha value is -2.84. The molecule has 8 unspecified atom stereocenters. The third-order valence-electron chi connectivity index (χ3n) is 14.6. The number of cyclic esters (lactones) is 1. The Labute approximate surface area is 343 Å². The van der Waals surface area contributed by atoms with Crippen molar-refractivity contribution in [1.29, 1.82) is 0 Å². The zero-order valence-electron chi connectivity index (χ0n) is 35.5. The number of esters is 4. The van der Waals surface area contributed by atoms with Crippen LogP contribution in [0.3, 0.4) is 0 Å². The lowest BCUT2D eigenvalue weighted by Gasteiger charge is -2.58. The van der Waals surface area contributed by atoms with Crippen molar-refractivity contribution in [1.82, 2.24) is 0 Å². The van der Waals surface area contributed by atoms with Gasteiger partial charge in [0, 0.05) is 30.8 Å². The van der Waals surface area contributed by atoms with Gasteiger partial charge in [-0.3, -0.25) is 9.59 Å². The Morgan fingerprint density at radius 3 is 2.22 bits per heavy atom. The molecule has 0 N–H and O–H groups in total. The van der Waals surface area contributed by atoms with Gasteiger partial charge in [-0.15, -0.1) is 0 Å². The summed E-state index contributed by atoms with van der Waals surface area (Å²) in [6.07, 6.45) is 13.3. The molecule has 0 amide bonds. The second-order valence-corrected chi connectivity index (χ2v) is 18.4. The Morgan fingerprint density at radius 2 is 1.53 bits per heavy atom. The van der Waals surface area contributed by atoms with E-state index in [4.69, 9.17) is 42.6 Å². The molecule has 5 aliphatic heterocycles. The Balaban J connectivity index is 1.14. The maximum absolute atomic E-state index is 14.1. The van der Waals surface area contributed by atoms with Gasteiger partial charge >= 0.3 is 23.9 Å². The number of carbonyl (C=O) groups excluding carboxylic acids is 4. The molecule has 2 spiro atoms. The van der Waals surface area contributed by atoms with Crippen LogP contribution in [-0.4, -0.2) is 109 Å². The predicted molar refractivity (Wildman–Crippen MR) is 209 cm³/mol. The summed E-state index contributed by atoms with van der Waals surface area (Å²) >= 11 is 0. The van der Waals surface area contributed by atoms with Gasteiger partial charge in [-0.1, -0.05) is 90.4 Å². The number of fused-ring (bicyclic) bond motifs is 3. The van der Waals surface area contributed by atoms with Crippen molar-refractivity contribution in [3.05, 3.63) is 24.3 Å². The average molecular weight is 815 g/mol. The Bertz CT molecular complexity index is 1590. The molecular weight excluding hydrogens is 748 g/mol. The lowest BCUT2D eigenvalue weighted by Crippen LogP contribution is -2.69. The highest BCUT2D eigenvalue weighted by Gasteiger charge is 2.86. The lowest BCUT2D eigenvalue weighted by molar-refractivity contribution is -0.251. The van der Waals surface area contributed by atoms with Crippen LogP contribution < -0.4 is 0 Å². The zero-order valence-corrected chi connectivity index (χ0v) is 35.5. The molecule has 0 aromatic rings. The van der Waals surface area contributed by atoms with Crippen LogP contribution in [0.25, 0.3) is 0 Å². The van der Waals surface area contributed by atoms with Gasteiger partial charge in [0.1, 0.15) is 42.2 Å². The lowest BCUT2D eigenvalue weighted by atomic mass is 9.50. The van der Waals surface area contributed by atoms with E-state index in [1.165, 1.54) is 6.08 Å². The van der Waals surface area contributed by atoms with Crippen molar-refractivity contribution in [3.8, 4) is 0 Å². The first-order chi connectivity index (χ1) is 27.8. The van der Waals surface area contributed by atoms with Crippen LogP contribution in [0.4, 0.5) is 0 Å². The molecule has 6 fully saturated rings. The Kier molecular flexibility index (Phi) is 12.9. The quantitative estimate of drug-likeness (QED) is 0.0758. The maximum Gasteiger partial charge on any atom is 0.338 e. The molecule has 2 bridgehead atoms. The number of hydrogen-bond acceptors (Lipinski definition) is 13. The molecule has 0 radical (unpaired) electrons. The van der Waals surface area contributed by atoms with E-state index in [9.17, 15) is 19.2 Å². The second kappa shape index (κ2) is 17.3. The van der Waals surface area contributed by atoms with Crippen molar-refractivity contribution in [2.45, 2.75) is 203 Å². The van der Waals surface area contributed by atoms with Crippen LogP contribution in [-0.2, 0) is 61.8 Å². The highest BCUT2D eigenvalue weighted by atomic mass is 16.7. The SMILES string of the molecule is CCCCCCCC(=O)OC(C)C1/C=C/C=C\C(=O)O[C@@H]2C[C@H]3OC4C5OC5(C)CCC4(COC(=O)C4O[C@@]4(C)C(OC(=O)CCCCCCC)CO1)[C@]2(C)[C@]31CO1. The van der Waals surface area contributed by atoms with Crippen LogP contribution in [0.1, 0.15) is 138 Å². The largest absolute Gasteiger partial charge is 0.463 e. The van der Waals surface area contributed by atoms with Crippen molar-refractivity contribution >= 4 is 23.9 Å². The summed E-state index contributed by atoms with van der Waals surface area (Å²) < 4.78 is 56.3. The number of rotatable bonds is 15. The zero-order chi connectivity index (χ0) is 41.3. The van der Waals surface area contributed by atoms with E-state index in [2.05, 4.69) is 27.7 Å². The highest BCUT2D eigenvalue weighted by Crippen LogP contribution is 2.75. The summed E-state index contributed by atoms with van der Waals surface area (Å²) in [6, 6.07) is 0. The van der Waals surface area contributed by atoms with Crippen molar-refractivity contribution in [2.24, 2.45) is 10.8 Å². The van der Waals surface area contributed by atoms with Crippen LogP contribution in [0.5, 0.6) is 0 Å². The second-order valence-electron chi connectivity index (χ2n) is 18.4. The molecule has 13 nitrogen and oxygen atoms in total. The topological polar surface area (TPSA) is 161 Å². The number of hydrogen-bond donors (Lipinski definition) is 0. The summed E-state index contributed by atoms with van der Waals surface area (Å²) in [6.45, 7) is 12.2. The molecule has 0 aromatic carbocycles. The van der Waals surface area contributed by atoms with Gasteiger partial charge in [-0.05, 0) is 46.5 Å². The summed E-state index contributed by atoms with van der Waals surface area (Å²) in [5, 5.41) is 0. The number of carbonyl (C=O) groups is 4. The minimum absolute atomic E-state index is 0.0222. The van der Waals surface area contributed by atoms with Crippen molar-refractivity contribution < 1.29 is 61.8 Å². The van der Waals surface area contributed by atoms with Crippen LogP contribution in [0.15, 0.2) is 24.3 Å². The van der Waals surface area contributed by atoms with E-state index in [-0.39, 0.29) is 49.8 Å². The molecule has 4 saturated heterocycles. The molecule has 7 aliphatic rings. The molecule has 0 aromatic heterocycles. The first-order valence-electron chi connectivity index (χ1n) is 22.1. The van der Waals surface area contributed by atoms with Crippen LogP contribution in [0, 0.1) is 10.8 Å². The smallest absolute Gasteiger partial charge is 0.338 e. The fraction of sp³-hybridized carbons (Fsp3) is 0.822. The van der Waals surface area contributed by atoms with Crippen LogP contribution in [0.2, 0.25) is 0 Å². The van der Waals surface area contributed by atoms with E-state index in [0.29, 0.717) is 25.9 Å². The van der Waals surface area contributed by atoms with E-state index in [0.717, 1.165) is 64.2 Å². The van der Waals surface area contributed by atoms with Gasteiger partial charge in [0.15, 0.2) is 12.2 Å². The van der Waals surface area contributed by atoms with Crippen molar-refractivity contribution in [2.75, 3.05) is 19.8 Å². The fourth-order valence-electron chi connectivity index (χ4n) is 10.5. The van der Waals surface area contributed by atoms with Crippen molar-refractivity contribution in [3.63, 3.8) is 0 Å². The maximum atomic E-state index is 14.1. The van der Waals surface area contributed by atoms with Gasteiger partial charge in [-0.2, -0.15) is 0 Å². The van der Waals surface area contributed by atoms with Gasteiger partial charge < -0.3 is 42.6 Å². The third-order valence-corrected chi connectivity index (χ3v) is 14.6. The average Bonchev–Trinajstić information content (AvgIpc) is 4.12. The Morgan fingerprint density at radius 1 is 0.845 bits per heavy atom. The summed E-state index contributed by atoms with van der Waals surface area (Å²) in [4.78, 5) is 53.9. The van der Waals surface area contributed by atoms with Crippen LogP contribution >= 0.6 is 0 Å². The molecule has 2 aliphatic carbocycles. The molecule has 5 heterocycles. The van der Waals surface area contributed by atoms with Gasteiger partial charge in [0.2, 0.25) is 0 Å². The molecule has 2 saturated carbocycles. The minimum Gasteiger partial charge on any atom is -0.463 e. The van der Waals surface area contributed by atoms with E-state index in [1.807, 2.05) is 0 Å². The fourth-order valence-corrected chi connectivity index (χ4v) is 10.5. The van der Waals surface area contributed by atoms with Gasteiger partial charge in [0.05, 0.1) is 36.4 Å². The third kappa shape index (κ3) is 8.16. The molecule has 324 valence electrons. The monoisotopic (exact) mass is 814 g/mol. The number of ether oxygens (including phenoxy) is 9. The van der Waals surface area contributed by atoms with Gasteiger partial charge in [-0.25, -0.2) is 9.59 Å². The normalized spacial score (nSPS) is 42.9. The molecular formula is C45H66O13. The first-order valence-corrected chi connectivity index (χ1v) is 22.1. The van der Waals surface area contributed by atoms with E-state index < -0.39 is 76.6 Å². The van der Waals surface area contributed by atoms with E-state index in [1.54, 1.807) is 32.1 Å². The number of epoxide rings is 3. The number of unbranched alkanes of at least 4 members (excludes halogenated alkanes) is 8. The molecule has 13 atom stereocenters. The first kappa shape index (κ1) is 43.3. The highest BCUT2D eigenvalue weighted by molar-refractivity contribution is 5.82. The summed E-state index contributed by atoms with van der Waals surface area (Å²) in [5.41, 5.74) is -3.81. The van der Waals surface area contributed by atoms with E-state index >= 15 is 0 Å². The molecule has 7 rings (SSSR count). The standard InChI is InChI=1S/C45H66O13/c1-7-9-11-13-15-20-34(46)53-29(3)30-19-17-18-22-35(47)54-31-25-32-45(28-52-45)43(31,6)44(24-23-41(4)37(57-41)38(44)56-32)27-51-40(49)39-42(5,58-39)33(26-50-30)55-36(48)21-16-14-12-10-8-2/h17-19,22,29-33,37-39H,7-16,20-21,23-28H2,1-6H3/b19-17+,22-18-/t29?,30?,31-,32-,33?,37?,38?,39?,41?,42+,43-,44?,45+/m1/s1. The minimum atomic E-state index is -1.24. The summed E-state index contributed by atoms with van der Waals surface area (Å²) in [7, 11) is 0. The predicted octanol–water partition coefficient (Wildman–Crippen LogP) is 6.56. The summed E-state index contributed by atoms with van der Waals surface area (Å²) in [5.74, 6) is -1.87. The molecule has 58 heavy (non-hydrogen) atoms.